The van der Waals surface area contributed by atoms with Crippen molar-refractivity contribution in [2.75, 3.05) is 24.7 Å². The second-order valence-corrected chi connectivity index (χ2v) is 6.79. The highest BCUT2D eigenvalue weighted by atomic mass is 32.2. The van der Waals surface area contributed by atoms with Crippen LogP contribution in [0.1, 0.15) is 19.8 Å². The fraction of sp³-hybridized carbons (Fsp3) is 1.00. The highest BCUT2D eigenvalue weighted by Crippen LogP contribution is 2.12. The minimum Gasteiger partial charge on any atom is -0.396 e. The number of aliphatic hydroxyl groups is 2. The van der Waals surface area contributed by atoms with Gasteiger partial charge in [0.15, 0.2) is 9.84 Å². The van der Waals surface area contributed by atoms with Crippen LogP contribution < -0.4 is 5.32 Å². The SMILES string of the molecule is CC(CO)CCCNC1CS(=O)(=O)CC1O. The van der Waals surface area contributed by atoms with Crippen LogP contribution in [0, 0.1) is 5.92 Å². The summed E-state index contributed by atoms with van der Waals surface area (Å²) >= 11 is 0. The summed E-state index contributed by atoms with van der Waals surface area (Å²) in [7, 11) is -3.06. The van der Waals surface area contributed by atoms with Crippen LogP contribution in [0.15, 0.2) is 0 Å². The molecule has 0 aliphatic carbocycles. The Morgan fingerprint density at radius 1 is 1.44 bits per heavy atom. The molecule has 96 valence electrons. The van der Waals surface area contributed by atoms with Crippen LogP contribution in [-0.4, -0.2) is 55.4 Å². The molecule has 1 aliphatic rings. The average molecular weight is 251 g/mol. The third-order valence-corrected chi connectivity index (χ3v) is 4.63. The number of nitrogens with one attached hydrogen (secondary N) is 1. The van der Waals surface area contributed by atoms with Crippen LogP contribution in [0.4, 0.5) is 0 Å². The van der Waals surface area contributed by atoms with Crippen molar-refractivity contribution in [3.63, 3.8) is 0 Å². The van der Waals surface area contributed by atoms with Gasteiger partial charge >= 0.3 is 0 Å². The Bertz CT molecular complexity index is 304. The maximum absolute atomic E-state index is 11.2. The summed E-state index contributed by atoms with van der Waals surface area (Å²) in [5, 5.41) is 21.4. The largest absolute Gasteiger partial charge is 0.396 e. The number of sulfone groups is 1. The molecular weight excluding hydrogens is 230 g/mol. The Morgan fingerprint density at radius 2 is 2.12 bits per heavy atom. The Hall–Kier alpha value is -0.170. The number of aliphatic hydroxyl groups excluding tert-OH is 2. The number of hydrogen-bond donors (Lipinski definition) is 3. The molecule has 3 atom stereocenters. The molecule has 3 N–H and O–H groups in total. The molecule has 1 rings (SSSR count). The predicted molar refractivity (Wildman–Crippen MR) is 61.9 cm³/mol. The maximum atomic E-state index is 11.2. The van der Waals surface area contributed by atoms with Gasteiger partial charge in [-0.25, -0.2) is 8.42 Å². The summed E-state index contributed by atoms with van der Waals surface area (Å²) in [6.45, 7) is 2.83. The van der Waals surface area contributed by atoms with Crippen LogP contribution in [0.3, 0.4) is 0 Å². The topological polar surface area (TPSA) is 86.6 Å². The molecule has 0 aromatic heterocycles. The fourth-order valence-corrected chi connectivity index (χ4v) is 3.63. The van der Waals surface area contributed by atoms with E-state index in [1.165, 1.54) is 0 Å². The zero-order valence-electron chi connectivity index (χ0n) is 9.59. The molecule has 0 aromatic rings. The lowest BCUT2D eigenvalue weighted by molar-refractivity contribution is 0.165. The first-order valence-electron chi connectivity index (χ1n) is 5.67. The van der Waals surface area contributed by atoms with Gasteiger partial charge in [-0.3, -0.25) is 0 Å². The van der Waals surface area contributed by atoms with E-state index in [4.69, 9.17) is 5.11 Å². The molecule has 0 spiro atoms. The molecular formula is C10H21NO4S. The van der Waals surface area contributed by atoms with Gasteiger partial charge in [-0.15, -0.1) is 0 Å². The fourth-order valence-electron chi connectivity index (χ4n) is 1.85. The van der Waals surface area contributed by atoms with Crippen LogP contribution in [0.5, 0.6) is 0 Å². The van der Waals surface area contributed by atoms with Gasteiger partial charge in [0.05, 0.1) is 17.6 Å². The molecule has 0 amide bonds. The first kappa shape index (κ1) is 13.9. The highest BCUT2D eigenvalue weighted by Gasteiger charge is 2.35. The van der Waals surface area contributed by atoms with Gasteiger partial charge in [0.25, 0.3) is 0 Å². The standard InChI is InChI=1S/C10H21NO4S/c1-8(5-12)3-2-4-11-9-6-16(14,15)7-10(9)13/h8-13H,2-7H2,1H3. The molecule has 1 saturated heterocycles. The maximum Gasteiger partial charge on any atom is 0.154 e. The molecule has 1 aliphatic heterocycles. The van der Waals surface area contributed by atoms with Crippen molar-refractivity contribution in [1.82, 2.24) is 5.32 Å². The quantitative estimate of drug-likeness (QED) is 0.535. The van der Waals surface area contributed by atoms with E-state index in [0.29, 0.717) is 6.54 Å². The summed E-state index contributed by atoms with van der Waals surface area (Å²) in [4.78, 5) is 0. The van der Waals surface area contributed by atoms with Crippen molar-refractivity contribution >= 4 is 9.84 Å². The van der Waals surface area contributed by atoms with E-state index < -0.39 is 15.9 Å². The van der Waals surface area contributed by atoms with Gasteiger partial charge in [0.2, 0.25) is 0 Å². The van der Waals surface area contributed by atoms with E-state index in [1.807, 2.05) is 6.92 Å². The zero-order chi connectivity index (χ0) is 12.2. The Morgan fingerprint density at radius 3 is 2.62 bits per heavy atom. The first-order chi connectivity index (χ1) is 7.44. The van der Waals surface area contributed by atoms with Crippen LogP contribution in [-0.2, 0) is 9.84 Å². The number of hydrogen-bond acceptors (Lipinski definition) is 5. The van der Waals surface area contributed by atoms with Gasteiger partial charge in [0.1, 0.15) is 0 Å². The van der Waals surface area contributed by atoms with Crippen molar-refractivity contribution in [1.29, 1.82) is 0 Å². The summed E-state index contributed by atoms with van der Waals surface area (Å²) < 4.78 is 22.4. The zero-order valence-corrected chi connectivity index (χ0v) is 10.4. The normalized spacial score (nSPS) is 30.4. The number of rotatable bonds is 6. The Labute approximate surface area is 96.8 Å². The molecule has 6 heteroatoms. The van der Waals surface area contributed by atoms with Gasteiger partial charge in [-0.1, -0.05) is 6.92 Å². The van der Waals surface area contributed by atoms with E-state index in [0.717, 1.165) is 12.8 Å². The summed E-state index contributed by atoms with van der Waals surface area (Å²) in [5.41, 5.74) is 0. The monoisotopic (exact) mass is 251 g/mol. The van der Waals surface area contributed by atoms with Crippen LogP contribution in [0.25, 0.3) is 0 Å². The van der Waals surface area contributed by atoms with E-state index >= 15 is 0 Å². The second-order valence-electron chi connectivity index (χ2n) is 4.63. The third-order valence-electron chi connectivity index (χ3n) is 2.91. The Balaban J connectivity index is 2.19. The summed E-state index contributed by atoms with van der Waals surface area (Å²) in [6.07, 6.45) is 1.00. The van der Waals surface area contributed by atoms with Crippen molar-refractivity contribution in [2.45, 2.75) is 31.9 Å². The molecule has 16 heavy (non-hydrogen) atoms. The van der Waals surface area contributed by atoms with Gasteiger partial charge < -0.3 is 15.5 Å². The van der Waals surface area contributed by atoms with Crippen molar-refractivity contribution in [2.24, 2.45) is 5.92 Å². The molecule has 0 radical (unpaired) electrons. The van der Waals surface area contributed by atoms with E-state index in [9.17, 15) is 13.5 Å². The van der Waals surface area contributed by atoms with Gasteiger partial charge in [-0.2, -0.15) is 0 Å². The lowest BCUT2D eigenvalue weighted by Gasteiger charge is -2.15. The lowest BCUT2D eigenvalue weighted by atomic mass is 10.1. The third kappa shape index (κ3) is 4.37. The van der Waals surface area contributed by atoms with Gasteiger partial charge in [-0.05, 0) is 25.3 Å². The van der Waals surface area contributed by atoms with Crippen molar-refractivity contribution < 1.29 is 18.6 Å². The van der Waals surface area contributed by atoms with Crippen LogP contribution in [0.2, 0.25) is 0 Å². The molecule has 1 heterocycles. The average Bonchev–Trinajstić information content (AvgIpc) is 2.46. The smallest absolute Gasteiger partial charge is 0.154 e. The minimum absolute atomic E-state index is 0.0315. The highest BCUT2D eigenvalue weighted by molar-refractivity contribution is 7.91. The van der Waals surface area contributed by atoms with E-state index in [1.54, 1.807) is 0 Å². The first-order valence-corrected chi connectivity index (χ1v) is 7.49. The van der Waals surface area contributed by atoms with E-state index in [-0.39, 0.29) is 30.1 Å². The Kier molecular flexibility index (Phi) is 5.17. The molecule has 0 bridgehead atoms. The van der Waals surface area contributed by atoms with Crippen molar-refractivity contribution in [3.8, 4) is 0 Å². The minimum atomic E-state index is -3.06. The molecule has 5 nitrogen and oxygen atoms in total. The summed E-state index contributed by atoms with van der Waals surface area (Å²) in [6, 6.07) is -0.325. The van der Waals surface area contributed by atoms with Crippen LogP contribution >= 0.6 is 0 Å². The molecule has 0 saturated carbocycles. The van der Waals surface area contributed by atoms with E-state index in [2.05, 4.69) is 5.32 Å². The predicted octanol–water partition coefficient (Wildman–Crippen LogP) is -0.857. The molecule has 1 fully saturated rings. The van der Waals surface area contributed by atoms with Crippen molar-refractivity contribution in [3.05, 3.63) is 0 Å². The molecule has 3 unspecified atom stereocenters. The van der Waals surface area contributed by atoms with Gasteiger partial charge in [0, 0.05) is 12.6 Å². The molecule has 0 aromatic carbocycles. The second kappa shape index (κ2) is 5.95. The summed E-state index contributed by atoms with van der Waals surface area (Å²) in [5.74, 6) is 0.181. The lowest BCUT2D eigenvalue weighted by Crippen LogP contribution is -2.39.